The van der Waals surface area contributed by atoms with Gasteiger partial charge >= 0.3 is 0 Å². The molecule has 5 nitrogen and oxygen atoms in total. The van der Waals surface area contributed by atoms with Crippen molar-refractivity contribution in [2.24, 2.45) is 0 Å². The van der Waals surface area contributed by atoms with E-state index in [2.05, 4.69) is 5.32 Å². The van der Waals surface area contributed by atoms with E-state index in [1.54, 1.807) is 18.2 Å². The first kappa shape index (κ1) is 17.5. The zero-order valence-electron chi connectivity index (χ0n) is 13.4. The highest BCUT2D eigenvalue weighted by Gasteiger charge is 2.16. The van der Waals surface area contributed by atoms with Gasteiger partial charge in [-0.3, -0.25) is 4.79 Å². The molecule has 2 aromatic rings. The Kier molecular flexibility index (Phi) is 5.57. The number of carbonyl (C=O) groups excluding carboxylic acids is 1. The number of amides is 1. The van der Waals surface area contributed by atoms with E-state index in [1.165, 1.54) is 27.2 Å². The van der Waals surface area contributed by atoms with E-state index >= 15 is 0 Å². The van der Waals surface area contributed by atoms with Crippen LogP contribution in [0.3, 0.4) is 0 Å². The zero-order valence-corrected chi connectivity index (χ0v) is 13.4. The first-order valence-corrected chi connectivity index (χ1v) is 7.08. The van der Waals surface area contributed by atoms with Crippen molar-refractivity contribution in [3.63, 3.8) is 0 Å². The number of hydrogen-bond donors (Lipinski definition) is 1. The zero-order chi connectivity index (χ0) is 17.7. The maximum Gasteiger partial charge on any atom is 0.265 e. The summed E-state index contributed by atoms with van der Waals surface area (Å²) in [5, 5.41) is 2.65. The number of halogens is 2. The molecular formula is C17H17F2NO4. The van der Waals surface area contributed by atoms with Gasteiger partial charge in [0, 0.05) is 30.0 Å². The van der Waals surface area contributed by atoms with Gasteiger partial charge in [-0.25, -0.2) is 8.78 Å². The van der Waals surface area contributed by atoms with E-state index in [1.807, 2.05) is 0 Å². The number of nitrogens with one attached hydrogen (secondary N) is 1. The molecule has 0 aromatic heterocycles. The molecule has 0 saturated heterocycles. The summed E-state index contributed by atoms with van der Waals surface area (Å²) in [5.74, 6) is -1.41. The van der Waals surface area contributed by atoms with Crippen LogP contribution in [0.2, 0.25) is 0 Å². The minimum atomic E-state index is -1.04. The van der Waals surface area contributed by atoms with E-state index in [0.29, 0.717) is 17.2 Å². The Morgan fingerprint density at radius 2 is 1.58 bits per heavy atom. The molecule has 1 amide bonds. The van der Waals surface area contributed by atoms with Gasteiger partial charge in [0.15, 0.2) is 17.7 Å². The van der Waals surface area contributed by atoms with Gasteiger partial charge in [0.2, 0.25) is 0 Å². The molecule has 0 bridgehead atoms. The van der Waals surface area contributed by atoms with Crippen LogP contribution < -0.4 is 19.5 Å². The molecule has 0 aliphatic carbocycles. The molecule has 0 aliphatic rings. The Labute approximate surface area is 138 Å². The van der Waals surface area contributed by atoms with Gasteiger partial charge in [-0.2, -0.15) is 0 Å². The number of ether oxygens (including phenoxy) is 3. The Balaban J connectivity index is 2.07. The number of carbonyl (C=O) groups is 1. The third kappa shape index (κ3) is 4.34. The van der Waals surface area contributed by atoms with Crippen LogP contribution in [0.4, 0.5) is 14.5 Å². The first-order valence-electron chi connectivity index (χ1n) is 7.08. The Bertz CT molecular complexity index is 714. The van der Waals surface area contributed by atoms with E-state index in [-0.39, 0.29) is 5.75 Å². The van der Waals surface area contributed by atoms with Gasteiger partial charge in [0.05, 0.1) is 14.2 Å². The lowest BCUT2D eigenvalue weighted by Gasteiger charge is -2.16. The first-order chi connectivity index (χ1) is 11.4. The monoisotopic (exact) mass is 337 g/mol. The average molecular weight is 337 g/mol. The number of rotatable bonds is 6. The van der Waals surface area contributed by atoms with Crippen molar-refractivity contribution in [1.29, 1.82) is 0 Å². The quantitative estimate of drug-likeness (QED) is 0.878. The van der Waals surface area contributed by atoms with Gasteiger partial charge in [0.25, 0.3) is 5.91 Å². The van der Waals surface area contributed by atoms with Crippen LogP contribution in [-0.4, -0.2) is 26.2 Å². The van der Waals surface area contributed by atoms with Crippen molar-refractivity contribution in [3.8, 4) is 17.2 Å². The normalized spacial score (nSPS) is 11.5. The Morgan fingerprint density at radius 3 is 2.12 bits per heavy atom. The molecule has 24 heavy (non-hydrogen) atoms. The Morgan fingerprint density at radius 1 is 0.958 bits per heavy atom. The maximum atomic E-state index is 13.2. The summed E-state index contributed by atoms with van der Waals surface area (Å²) >= 11 is 0. The second-order valence-corrected chi connectivity index (χ2v) is 4.93. The average Bonchev–Trinajstić information content (AvgIpc) is 2.57. The lowest BCUT2D eigenvalue weighted by atomic mass is 10.2. The molecule has 128 valence electrons. The molecule has 0 spiro atoms. The van der Waals surface area contributed by atoms with Crippen molar-refractivity contribution in [2.75, 3.05) is 19.5 Å². The molecule has 0 radical (unpaired) electrons. The van der Waals surface area contributed by atoms with Crippen molar-refractivity contribution >= 4 is 11.6 Å². The predicted molar refractivity (Wildman–Crippen MR) is 84.6 cm³/mol. The summed E-state index contributed by atoms with van der Waals surface area (Å²) in [5.41, 5.74) is 0.455. The smallest absolute Gasteiger partial charge is 0.265 e. The van der Waals surface area contributed by atoms with Crippen LogP contribution in [0.1, 0.15) is 6.92 Å². The van der Waals surface area contributed by atoms with E-state index in [4.69, 9.17) is 14.2 Å². The standard InChI is InChI=1S/C17H17F2NO4/c1-10(24-12-4-5-15(18)16(19)9-12)17(21)20-11-6-13(22-2)8-14(7-11)23-3/h4-10H,1-3H3,(H,20,21). The minimum Gasteiger partial charge on any atom is -0.497 e. The molecule has 7 heteroatoms. The van der Waals surface area contributed by atoms with Crippen molar-refractivity contribution in [3.05, 3.63) is 48.0 Å². The van der Waals surface area contributed by atoms with Crippen LogP contribution in [-0.2, 0) is 4.79 Å². The van der Waals surface area contributed by atoms with Gasteiger partial charge in [-0.1, -0.05) is 0 Å². The van der Waals surface area contributed by atoms with Crippen LogP contribution in [0.15, 0.2) is 36.4 Å². The molecule has 0 heterocycles. The predicted octanol–water partition coefficient (Wildman–Crippen LogP) is 3.39. The lowest BCUT2D eigenvalue weighted by Crippen LogP contribution is -2.30. The Hall–Kier alpha value is -2.83. The SMILES string of the molecule is COc1cc(NC(=O)C(C)Oc2ccc(F)c(F)c2)cc(OC)c1. The summed E-state index contributed by atoms with van der Waals surface area (Å²) in [7, 11) is 2.99. The van der Waals surface area contributed by atoms with Gasteiger partial charge < -0.3 is 19.5 Å². The second kappa shape index (κ2) is 7.63. The lowest BCUT2D eigenvalue weighted by molar-refractivity contribution is -0.122. The summed E-state index contributed by atoms with van der Waals surface area (Å²) in [4.78, 5) is 12.2. The highest BCUT2D eigenvalue weighted by atomic mass is 19.2. The third-order valence-electron chi connectivity index (χ3n) is 3.19. The van der Waals surface area contributed by atoms with E-state index < -0.39 is 23.6 Å². The summed E-state index contributed by atoms with van der Waals surface area (Å²) in [6, 6.07) is 7.96. The van der Waals surface area contributed by atoms with Crippen LogP contribution in [0.25, 0.3) is 0 Å². The summed E-state index contributed by atoms with van der Waals surface area (Å²) < 4.78 is 41.6. The summed E-state index contributed by atoms with van der Waals surface area (Å²) in [6.07, 6.45) is -0.924. The van der Waals surface area contributed by atoms with E-state index in [9.17, 15) is 13.6 Å². The molecule has 2 aromatic carbocycles. The molecule has 1 atom stereocenters. The van der Waals surface area contributed by atoms with Crippen molar-refractivity contribution in [2.45, 2.75) is 13.0 Å². The number of methoxy groups -OCH3 is 2. The number of benzene rings is 2. The van der Waals surface area contributed by atoms with Crippen LogP contribution >= 0.6 is 0 Å². The minimum absolute atomic E-state index is 0.0553. The van der Waals surface area contributed by atoms with Crippen molar-refractivity contribution < 1.29 is 27.8 Å². The molecule has 2 rings (SSSR count). The van der Waals surface area contributed by atoms with Gasteiger partial charge in [0.1, 0.15) is 17.2 Å². The third-order valence-corrected chi connectivity index (χ3v) is 3.19. The molecule has 0 saturated carbocycles. The largest absolute Gasteiger partial charge is 0.497 e. The van der Waals surface area contributed by atoms with E-state index in [0.717, 1.165) is 12.1 Å². The van der Waals surface area contributed by atoms with Crippen LogP contribution in [0.5, 0.6) is 17.2 Å². The highest BCUT2D eigenvalue weighted by Crippen LogP contribution is 2.26. The second-order valence-electron chi connectivity index (χ2n) is 4.93. The maximum absolute atomic E-state index is 13.2. The van der Waals surface area contributed by atoms with Crippen LogP contribution in [0, 0.1) is 11.6 Å². The molecule has 0 aliphatic heterocycles. The van der Waals surface area contributed by atoms with Gasteiger partial charge in [-0.15, -0.1) is 0 Å². The fraction of sp³-hybridized carbons (Fsp3) is 0.235. The molecule has 1 N–H and O–H groups in total. The number of anilines is 1. The summed E-state index contributed by atoms with van der Waals surface area (Å²) in [6.45, 7) is 1.49. The fourth-order valence-corrected chi connectivity index (χ4v) is 1.93. The highest BCUT2D eigenvalue weighted by molar-refractivity contribution is 5.94. The van der Waals surface area contributed by atoms with Crippen molar-refractivity contribution in [1.82, 2.24) is 0 Å². The van der Waals surface area contributed by atoms with Gasteiger partial charge in [-0.05, 0) is 19.1 Å². The topological polar surface area (TPSA) is 56.8 Å². The molecule has 0 fully saturated rings. The molecule has 1 unspecified atom stereocenters. The number of hydrogen-bond acceptors (Lipinski definition) is 4. The molecular weight excluding hydrogens is 320 g/mol. The fourth-order valence-electron chi connectivity index (χ4n) is 1.93.